The van der Waals surface area contributed by atoms with Gasteiger partial charge in [0.15, 0.2) is 0 Å². The van der Waals surface area contributed by atoms with Crippen LogP contribution in [0.2, 0.25) is 10.0 Å². The van der Waals surface area contributed by atoms with Crippen LogP contribution >= 0.6 is 34.8 Å². The fourth-order valence-corrected chi connectivity index (χ4v) is 2.71. The van der Waals surface area contributed by atoms with E-state index in [0.717, 1.165) is 0 Å². The number of ether oxygens (including phenoxy) is 1. The average molecular weight is 338 g/mol. The number of benzene rings is 2. The van der Waals surface area contributed by atoms with Crippen LogP contribution in [0.3, 0.4) is 0 Å². The third kappa shape index (κ3) is 3.54. The van der Waals surface area contributed by atoms with Crippen molar-refractivity contribution in [3.05, 3.63) is 63.6 Å². The molecule has 2 rings (SSSR count). The van der Waals surface area contributed by atoms with Crippen LogP contribution in [0, 0.1) is 0 Å². The Labute approximate surface area is 130 Å². The highest BCUT2D eigenvalue weighted by molar-refractivity contribution is 6.36. The van der Waals surface area contributed by atoms with E-state index in [0.29, 0.717) is 21.2 Å². The van der Waals surface area contributed by atoms with Crippen molar-refractivity contribution in [2.45, 2.75) is 12.0 Å². The first-order valence-corrected chi connectivity index (χ1v) is 6.81. The first-order chi connectivity index (χ1) is 9.49. The van der Waals surface area contributed by atoms with Gasteiger partial charge in [0.25, 0.3) is 0 Å². The number of hydrogen-bond donors (Lipinski definition) is 0. The molecule has 0 aliphatic rings. The van der Waals surface area contributed by atoms with Crippen LogP contribution in [0.4, 0.5) is 8.78 Å². The second kappa shape index (κ2) is 6.61. The minimum absolute atomic E-state index is 0.0218. The van der Waals surface area contributed by atoms with E-state index in [-0.39, 0.29) is 5.75 Å². The van der Waals surface area contributed by atoms with Crippen molar-refractivity contribution in [3.8, 4) is 5.75 Å². The Kier molecular flexibility index (Phi) is 5.08. The molecule has 0 amide bonds. The summed E-state index contributed by atoms with van der Waals surface area (Å²) in [6, 6.07) is 11.2. The molecule has 1 nitrogen and oxygen atoms in total. The molecule has 20 heavy (non-hydrogen) atoms. The summed E-state index contributed by atoms with van der Waals surface area (Å²) < 4.78 is 29.2. The zero-order valence-electron chi connectivity index (χ0n) is 9.99. The predicted molar refractivity (Wildman–Crippen MR) is 77.2 cm³/mol. The molecule has 0 spiro atoms. The number of para-hydroxylation sites is 1. The van der Waals surface area contributed by atoms with Crippen LogP contribution < -0.4 is 4.74 Å². The molecule has 0 saturated heterocycles. The normalized spacial score (nSPS) is 12.5. The maximum Gasteiger partial charge on any atom is 0.387 e. The highest BCUT2D eigenvalue weighted by Gasteiger charge is 2.20. The Morgan fingerprint density at radius 2 is 1.65 bits per heavy atom. The monoisotopic (exact) mass is 336 g/mol. The summed E-state index contributed by atoms with van der Waals surface area (Å²) in [7, 11) is 0. The first-order valence-electron chi connectivity index (χ1n) is 5.62. The van der Waals surface area contributed by atoms with E-state index >= 15 is 0 Å². The zero-order chi connectivity index (χ0) is 14.7. The second-order valence-electron chi connectivity index (χ2n) is 3.94. The van der Waals surface area contributed by atoms with Crippen molar-refractivity contribution in [1.29, 1.82) is 0 Å². The Hall–Kier alpha value is -1.03. The van der Waals surface area contributed by atoms with Crippen molar-refractivity contribution in [3.63, 3.8) is 0 Å². The summed E-state index contributed by atoms with van der Waals surface area (Å²) in [5.41, 5.74) is 0.988. The van der Waals surface area contributed by atoms with Crippen molar-refractivity contribution in [2.75, 3.05) is 0 Å². The van der Waals surface area contributed by atoms with Crippen molar-refractivity contribution in [2.24, 2.45) is 0 Å². The van der Waals surface area contributed by atoms with Gasteiger partial charge in [-0.2, -0.15) is 8.78 Å². The second-order valence-corrected chi connectivity index (χ2v) is 5.22. The van der Waals surface area contributed by atoms with E-state index in [2.05, 4.69) is 4.74 Å². The lowest BCUT2D eigenvalue weighted by atomic mass is 10.0. The van der Waals surface area contributed by atoms with Gasteiger partial charge in [0.2, 0.25) is 0 Å². The van der Waals surface area contributed by atoms with Gasteiger partial charge in [0.1, 0.15) is 5.75 Å². The van der Waals surface area contributed by atoms with Gasteiger partial charge >= 0.3 is 6.61 Å². The quantitative estimate of drug-likeness (QED) is 0.629. The Bertz CT molecular complexity index is 605. The molecule has 0 aliphatic carbocycles. The van der Waals surface area contributed by atoms with Crippen molar-refractivity contribution in [1.82, 2.24) is 0 Å². The summed E-state index contributed by atoms with van der Waals surface area (Å²) in [5, 5.41) is 0.124. The molecule has 0 aromatic heterocycles. The summed E-state index contributed by atoms with van der Waals surface area (Å²) in [6.45, 7) is -2.92. The van der Waals surface area contributed by atoms with E-state index in [1.165, 1.54) is 6.07 Å². The maximum absolute atomic E-state index is 12.4. The zero-order valence-corrected chi connectivity index (χ0v) is 12.3. The smallest absolute Gasteiger partial charge is 0.387 e. The molecule has 0 aliphatic heterocycles. The molecule has 0 N–H and O–H groups in total. The van der Waals surface area contributed by atoms with Gasteiger partial charge in [-0.05, 0) is 23.8 Å². The van der Waals surface area contributed by atoms with E-state index in [1.807, 2.05) is 0 Å². The molecule has 0 bridgehead atoms. The maximum atomic E-state index is 12.4. The molecule has 2 aromatic carbocycles. The third-order valence-electron chi connectivity index (χ3n) is 2.64. The molecule has 6 heteroatoms. The Balaban J connectivity index is 2.40. The fraction of sp³-hybridized carbons (Fsp3) is 0.143. The highest BCUT2D eigenvalue weighted by atomic mass is 35.5. The van der Waals surface area contributed by atoms with Crippen molar-refractivity contribution < 1.29 is 13.5 Å². The van der Waals surface area contributed by atoms with Crippen LogP contribution in [0.25, 0.3) is 0 Å². The Morgan fingerprint density at radius 1 is 0.950 bits per heavy atom. The molecular weight excluding hydrogens is 329 g/mol. The summed E-state index contributed by atoms with van der Waals surface area (Å²) in [4.78, 5) is 0. The molecule has 106 valence electrons. The molecule has 1 unspecified atom stereocenters. The molecule has 0 heterocycles. The van der Waals surface area contributed by atoms with Gasteiger partial charge in [-0.1, -0.05) is 47.5 Å². The standard InChI is InChI=1S/C14H9Cl3F2O/c15-8-5-6-9(11(16)7-8)13(17)10-3-1-2-4-12(10)20-14(18)19/h1-7,13-14H. The number of rotatable bonds is 4. The topological polar surface area (TPSA) is 9.23 Å². The SMILES string of the molecule is FC(F)Oc1ccccc1C(Cl)c1ccc(Cl)cc1Cl. The lowest BCUT2D eigenvalue weighted by Crippen LogP contribution is -2.06. The number of halogens is 5. The molecule has 2 aromatic rings. The Morgan fingerprint density at radius 3 is 2.30 bits per heavy atom. The molecule has 1 atom stereocenters. The van der Waals surface area contributed by atoms with E-state index in [9.17, 15) is 8.78 Å². The molecular formula is C14H9Cl3F2O. The van der Waals surface area contributed by atoms with Gasteiger partial charge in [-0.15, -0.1) is 11.6 Å². The lowest BCUT2D eigenvalue weighted by molar-refractivity contribution is -0.0504. The fourth-order valence-electron chi connectivity index (χ4n) is 1.77. The number of alkyl halides is 3. The van der Waals surface area contributed by atoms with Crippen LogP contribution in [0.1, 0.15) is 16.5 Å². The first kappa shape index (κ1) is 15.4. The molecule has 0 fully saturated rings. The van der Waals surface area contributed by atoms with Crippen LogP contribution in [0.5, 0.6) is 5.75 Å². The van der Waals surface area contributed by atoms with Gasteiger partial charge in [-0.3, -0.25) is 0 Å². The minimum atomic E-state index is -2.92. The van der Waals surface area contributed by atoms with Crippen molar-refractivity contribution >= 4 is 34.8 Å². The van der Waals surface area contributed by atoms with Crippen LogP contribution in [0.15, 0.2) is 42.5 Å². The van der Waals surface area contributed by atoms with Crippen LogP contribution in [-0.2, 0) is 0 Å². The van der Waals surface area contributed by atoms with Gasteiger partial charge in [0.05, 0.1) is 5.38 Å². The summed E-state index contributed by atoms with van der Waals surface area (Å²) in [6.07, 6.45) is 0. The van der Waals surface area contributed by atoms with Gasteiger partial charge in [-0.25, -0.2) is 0 Å². The average Bonchev–Trinajstić information content (AvgIpc) is 2.38. The largest absolute Gasteiger partial charge is 0.434 e. The van der Waals surface area contributed by atoms with E-state index in [4.69, 9.17) is 34.8 Å². The van der Waals surface area contributed by atoms with E-state index in [1.54, 1.807) is 36.4 Å². The minimum Gasteiger partial charge on any atom is -0.434 e. The molecule has 0 saturated carbocycles. The molecule has 0 radical (unpaired) electrons. The summed E-state index contributed by atoms with van der Waals surface area (Å²) >= 11 is 18.2. The van der Waals surface area contributed by atoms with Crippen LogP contribution in [-0.4, -0.2) is 6.61 Å². The number of hydrogen-bond acceptors (Lipinski definition) is 1. The summed E-state index contributed by atoms with van der Waals surface area (Å²) in [5.74, 6) is 0.0218. The lowest BCUT2D eigenvalue weighted by Gasteiger charge is -2.16. The third-order valence-corrected chi connectivity index (χ3v) is 3.68. The van der Waals surface area contributed by atoms with Gasteiger partial charge in [0, 0.05) is 15.6 Å². The van der Waals surface area contributed by atoms with Gasteiger partial charge < -0.3 is 4.74 Å². The van der Waals surface area contributed by atoms with E-state index < -0.39 is 12.0 Å². The highest BCUT2D eigenvalue weighted by Crippen LogP contribution is 2.39. The predicted octanol–water partition coefficient (Wildman–Crippen LogP) is 5.92.